The summed E-state index contributed by atoms with van der Waals surface area (Å²) in [4.78, 5) is 16.7. The number of benzene rings is 2. The third kappa shape index (κ3) is 4.48. The quantitative estimate of drug-likeness (QED) is 0.897. The summed E-state index contributed by atoms with van der Waals surface area (Å²) in [5.41, 5.74) is 4.58. The van der Waals surface area contributed by atoms with Gasteiger partial charge in [-0.2, -0.15) is 0 Å². The number of ether oxygens (including phenoxy) is 1. The number of rotatable bonds is 5. The van der Waals surface area contributed by atoms with Crippen molar-refractivity contribution >= 4 is 17.3 Å². The van der Waals surface area contributed by atoms with Crippen molar-refractivity contribution in [2.75, 3.05) is 50.1 Å². The van der Waals surface area contributed by atoms with Crippen LogP contribution < -0.4 is 15.0 Å². The SMILES string of the molecule is COc1ccc(N2CCN(C(=O)CNc3cc(C)cc(C)c3)CC2)cc1. The highest BCUT2D eigenvalue weighted by Gasteiger charge is 2.21. The van der Waals surface area contributed by atoms with Gasteiger partial charge in [-0.15, -0.1) is 0 Å². The maximum atomic E-state index is 12.5. The van der Waals surface area contributed by atoms with Crippen molar-refractivity contribution in [3.8, 4) is 5.75 Å². The molecule has 0 unspecified atom stereocenters. The summed E-state index contributed by atoms with van der Waals surface area (Å²) in [6.45, 7) is 7.67. The van der Waals surface area contributed by atoms with Gasteiger partial charge in [0.15, 0.2) is 0 Å². The molecule has 0 saturated carbocycles. The van der Waals surface area contributed by atoms with Crippen LogP contribution in [0.4, 0.5) is 11.4 Å². The molecule has 26 heavy (non-hydrogen) atoms. The van der Waals surface area contributed by atoms with E-state index >= 15 is 0 Å². The van der Waals surface area contributed by atoms with Crippen LogP contribution in [0.1, 0.15) is 11.1 Å². The fourth-order valence-electron chi connectivity index (χ4n) is 3.37. The van der Waals surface area contributed by atoms with E-state index in [-0.39, 0.29) is 5.91 Å². The van der Waals surface area contributed by atoms with E-state index in [9.17, 15) is 4.79 Å². The molecule has 5 heteroatoms. The molecule has 3 rings (SSSR count). The van der Waals surface area contributed by atoms with Gasteiger partial charge in [-0.3, -0.25) is 4.79 Å². The molecular weight excluding hydrogens is 326 g/mol. The monoisotopic (exact) mass is 353 g/mol. The van der Waals surface area contributed by atoms with Gasteiger partial charge in [0.1, 0.15) is 5.75 Å². The number of hydrogen-bond acceptors (Lipinski definition) is 4. The molecule has 0 radical (unpaired) electrons. The van der Waals surface area contributed by atoms with E-state index in [4.69, 9.17) is 4.74 Å². The average molecular weight is 353 g/mol. The van der Waals surface area contributed by atoms with Gasteiger partial charge in [0.25, 0.3) is 0 Å². The summed E-state index contributed by atoms with van der Waals surface area (Å²) >= 11 is 0. The molecule has 0 spiro atoms. The number of piperazine rings is 1. The van der Waals surface area contributed by atoms with Crippen molar-refractivity contribution in [2.45, 2.75) is 13.8 Å². The van der Waals surface area contributed by atoms with Crippen molar-refractivity contribution in [3.05, 3.63) is 53.6 Å². The van der Waals surface area contributed by atoms with E-state index in [0.717, 1.165) is 37.6 Å². The number of hydrogen-bond donors (Lipinski definition) is 1. The van der Waals surface area contributed by atoms with Gasteiger partial charge in [0.05, 0.1) is 13.7 Å². The molecule has 1 aliphatic rings. The van der Waals surface area contributed by atoms with Crippen LogP contribution in [0.5, 0.6) is 5.75 Å². The fourth-order valence-corrected chi connectivity index (χ4v) is 3.37. The van der Waals surface area contributed by atoms with Gasteiger partial charge >= 0.3 is 0 Å². The van der Waals surface area contributed by atoms with Crippen LogP contribution in [0.15, 0.2) is 42.5 Å². The number of carbonyl (C=O) groups excluding carboxylic acids is 1. The standard InChI is InChI=1S/C21H27N3O2/c1-16-12-17(2)14-18(13-16)22-15-21(25)24-10-8-23(9-11-24)19-4-6-20(26-3)7-5-19/h4-7,12-14,22H,8-11,15H2,1-3H3. The normalized spacial score (nSPS) is 14.3. The molecule has 5 nitrogen and oxygen atoms in total. The topological polar surface area (TPSA) is 44.8 Å². The lowest BCUT2D eigenvalue weighted by Crippen LogP contribution is -2.50. The molecule has 1 aliphatic heterocycles. The van der Waals surface area contributed by atoms with Gasteiger partial charge in [-0.05, 0) is 61.4 Å². The van der Waals surface area contributed by atoms with Crippen molar-refractivity contribution in [1.29, 1.82) is 0 Å². The highest BCUT2D eigenvalue weighted by molar-refractivity contribution is 5.81. The molecule has 1 amide bonds. The van der Waals surface area contributed by atoms with E-state index in [1.165, 1.54) is 16.8 Å². The largest absolute Gasteiger partial charge is 0.497 e. The van der Waals surface area contributed by atoms with Crippen molar-refractivity contribution in [3.63, 3.8) is 0 Å². The maximum absolute atomic E-state index is 12.5. The smallest absolute Gasteiger partial charge is 0.241 e. The van der Waals surface area contributed by atoms with Crippen LogP contribution in [0.3, 0.4) is 0 Å². The van der Waals surface area contributed by atoms with Gasteiger partial charge in [-0.1, -0.05) is 6.07 Å². The molecular formula is C21H27N3O2. The first-order chi connectivity index (χ1) is 12.5. The fraction of sp³-hybridized carbons (Fsp3) is 0.381. The molecule has 1 saturated heterocycles. The molecule has 1 N–H and O–H groups in total. The Balaban J connectivity index is 1.49. The Morgan fingerprint density at radius 1 is 1.00 bits per heavy atom. The Morgan fingerprint density at radius 2 is 1.62 bits per heavy atom. The number of nitrogens with one attached hydrogen (secondary N) is 1. The van der Waals surface area contributed by atoms with E-state index in [1.54, 1.807) is 7.11 Å². The third-order valence-electron chi connectivity index (χ3n) is 4.74. The lowest BCUT2D eigenvalue weighted by atomic mass is 10.1. The molecule has 0 bridgehead atoms. The summed E-state index contributed by atoms with van der Waals surface area (Å²) in [5, 5.41) is 3.26. The van der Waals surface area contributed by atoms with E-state index in [1.807, 2.05) is 17.0 Å². The predicted molar refractivity (Wildman–Crippen MR) is 106 cm³/mol. The molecule has 1 heterocycles. The van der Waals surface area contributed by atoms with Crippen molar-refractivity contribution in [1.82, 2.24) is 4.90 Å². The summed E-state index contributed by atoms with van der Waals surface area (Å²) in [5.74, 6) is 1.01. The van der Waals surface area contributed by atoms with Gasteiger partial charge in [0.2, 0.25) is 5.91 Å². The van der Waals surface area contributed by atoms with Crippen LogP contribution in [0.2, 0.25) is 0 Å². The van der Waals surface area contributed by atoms with Gasteiger partial charge in [0, 0.05) is 37.6 Å². The van der Waals surface area contributed by atoms with Gasteiger partial charge < -0.3 is 19.9 Å². The Kier molecular flexibility index (Phi) is 5.66. The van der Waals surface area contributed by atoms with Crippen LogP contribution in [-0.4, -0.2) is 50.6 Å². The molecule has 2 aromatic carbocycles. The minimum Gasteiger partial charge on any atom is -0.497 e. The third-order valence-corrected chi connectivity index (χ3v) is 4.74. The highest BCUT2D eigenvalue weighted by Crippen LogP contribution is 2.20. The molecule has 0 aromatic heterocycles. The zero-order valence-corrected chi connectivity index (χ0v) is 15.8. The molecule has 2 aromatic rings. The van der Waals surface area contributed by atoms with E-state index in [2.05, 4.69) is 54.4 Å². The van der Waals surface area contributed by atoms with Crippen LogP contribution in [0.25, 0.3) is 0 Å². The first-order valence-electron chi connectivity index (χ1n) is 9.04. The van der Waals surface area contributed by atoms with Crippen molar-refractivity contribution < 1.29 is 9.53 Å². The summed E-state index contributed by atoms with van der Waals surface area (Å²) in [6.07, 6.45) is 0. The Labute approximate surface area is 155 Å². The van der Waals surface area contributed by atoms with Crippen LogP contribution >= 0.6 is 0 Å². The predicted octanol–water partition coefficient (Wildman–Crippen LogP) is 3.07. The van der Waals surface area contributed by atoms with Crippen molar-refractivity contribution in [2.24, 2.45) is 0 Å². The van der Waals surface area contributed by atoms with Gasteiger partial charge in [-0.25, -0.2) is 0 Å². The Morgan fingerprint density at radius 3 is 2.19 bits per heavy atom. The number of methoxy groups -OCH3 is 1. The summed E-state index contributed by atoms with van der Waals surface area (Å²) in [6, 6.07) is 14.4. The minimum atomic E-state index is 0.151. The van der Waals surface area contributed by atoms with Crippen LogP contribution in [0, 0.1) is 13.8 Å². The second-order valence-corrected chi connectivity index (χ2v) is 6.80. The number of carbonyl (C=O) groups is 1. The second kappa shape index (κ2) is 8.13. The second-order valence-electron chi connectivity index (χ2n) is 6.80. The summed E-state index contributed by atoms with van der Waals surface area (Å²) < 4.78 is 5.20. The molecule has 138 valence electrons. The number of nitrogens with zero attached hydrogens (tertiary/aromatic N) is 2. The summed E-state index contributed by atoms with van der Waals surface area (Å²) in [7, 11) is 1.67. The number of anilines is 2. The average Bonchev–Trinajstić information content (AvgIpc) is 2.65. The first-order valence-corrected chi connectivity index (χ1v) is 9.04. The number of amides is 1. The molecule has 0 aliphatic carbocycles. The molecule has 1 fully saturated rings. The highest BCUT2D eigenvalue weighted by atomic mass is 16.5. The van der Waals surface area contributed by atoms with E-state index < -0.39 is 0 Å². The maximum Gasteiger partial charge on any atom is 0.241 e. The Bertz CT molecular complexity index is 730. The Hall–Kier alpha value is -2.69. The lowest BCUT2D eigenvalue weighted by molar-refractivity contribution is -0.129. The van der Waals surface area contributed by atoms with E-state index in [0.29, 0.717) is 6.54 Å². The van der Waals surface area contributed by atoms with Crippen LogP contribution in [-0.2, 0) is 4.79 Å². The first kappa shape index (κ1) is 18.1. The zero-order valence-electron chi connectivity index (χ0n) is 15.8. The number of aryl methyl sites for hydroxylation is 2. The molecule has 0 atom stereocenters. The minimum absolute atomic E-state index is 0.151. The zero-order chi connectivity index (χ0) is 18.5. The lowest BCUT2D eigenvalue weighted by Gasteiger charge is -2.36.